The zero-order chi connectivity index (χ0) is 40.3. The predicted octanol–water partition coefficient (Wildman–Crippen LogP) is 3.19. The van der Waals surface area contributed by atoms with Crippen LogP contribution in [-0.4, -0.2) is 110 Å². The molecule has 0 saturated carbocycles. The van der Waals surface area contributed by atoms with Gasteiger partial charge in [0.2, 0.25) is 17.7 Å². The number of piperidine rings is 1. The van der Waals surface area contributed by atoms with Gasteiger partial charge in [-0.1, -0.05) is 6.07 Å². The molecule has 5 N–H and O–H groups in total. The molecule has 58 heavy (non-hydrogen) atoms. The second-order valence-corrected chi connectivity index (χ2v) is 14.8. The molecule has 0 bridgehead atoms. The van der Waals surface area contributed by atoms with Crippen LogP contribution in [-0.2, 0) is 32.2 Å². The van der Waals surface area contributed by atoms with Gasteiger partial charge in [-0.15, -0.1) is 0 Å². The second-order valence-electron chi connectivity index (χ2n) is 14.8. The molecule has 17 nitrogen and oxygen atoms in total. The number of amides is 6. The van der Waals surface area contributed by atoms with Gasteiger partial charge < -0.3 is 25.7 Å². The number of aromatic amines is 1. The van der Waals surface area contributed by atoms with Crippen molar-refractivity contribution >= 4 is 68.8 Å². The average Bonchev–Trinajstić information content (AvgIpc) is 3.98. The highest BCUT2D eigenvalue weighted by Crippen LogP contribution is 2.32. The number of nitrogens with zero attached hydrogens (tertiary/aromatic N) is 5. The Morgan fingerprint density at radius 1 is 0.983 bits per heavy atom. The minimum absolute atomic E-state index is 0.0435. The molecule has 5 heterocycles. The van der Waals surface area contributed by atoms with Crippen LogP contribution < -0.4 is 21.3 Å². The molecule has 3 aliphatic heterocycles. The summed E-state index contributed by atoms with van der Waals surface area (Å²) in [6, 6.07) is 15.4. The third-order valence-electron chi connectivity index (χ3n) is 10.9. The summed E-state index contributed by atoms with van der Waals surface area (Å²) in [6.45, 7) is 5.58. The smallest absolute Gasteiger partial charge is 0.264 e. The lowest BCUT2D eigenvalue weighted by Crippen LogP contribution is -2.54. The Hall–Kier alpha value is -6.46. The number of ether oxygens (including phenoxy) is 1. The van der Waals surface area contributed by atoms with Gasteiger partial charge in [-0.25, -0.2) is 4.98 Å². The molecule has 8 rings (SSSR count). The van der Waals surface area contributed by atoms with Crippen molar-refractivity contribution in [3.63, 3.8) is 0 Å². The molecule has 2 fully saturated rings. The van der Waals surface area contributed by atoms with Gasteiger partial charge in [-0.3, -0.25) is 48.6 Å². The van der Waals surface area contributed by atoms with Gasteiger partial charge >= 0.3 is 0 Å². The number of carbonyl (C=O) groups excluding carboxylic acids is 6. The molecule has 5 aromatic rings. The van der Waals surface area contributed by atoms with Crippen molar-refractivity contribution in [3.8, 4) is 0 Å². The molecular formula is C41H44N10O7. The van der Waals surface area contributed by atoms with E-state index >= 15 is 0 Å². The third-order valence-corrected chi connectivity index (χ3v) is 10.9. The first-order chi connectivity index (χ1) is 28.1. The molecule has 0 aliphatic carbocycles. The van der Waals surface area contributed by atoms with Crippen LogP contribution in [0.1, 0.15) is 75.9 Å². The van der Waals surface area contributed by atoms with Crippen LogP contribution in [0.5, 0.6) is 0 Å². The van der Waals surface area contributed by atoms with Crippen LogP contribution in [0.2, 0.25) is 0 Å². The second kappa shape index (κ2) is 16.6. The number of imidazole rings is 1. The minimum Gasteiger partial charge on any atom is -0.382 e. The van der Waals surface area contributed by atoms with Crippen molar-refractivity contribution in [3.05, 3.63) is 83.3 Å². The Balaban J connectivity index is 0.754. The summed E-state index contributed by atoms with van der Waals surface area (Å²) in [7, 11) is 0. The Kier molecular flexibility index (Phi) is 11.0. The quantitative estimate of drug-likeness (QED) is 0.0768. The lowest BCUT2D eigenvalue weighted by atomic mass is 10.0. The summed E-state index contributed by atoms with van der Waals surface area (Å²) < 4.78 is 7.40. The number of nitrogens with one attached hydrogen (secondary N) is 5. The first-order valence-electron chi connectivity index (χ1n) is 19.6. The highest BCUT2D eigenvalue weighted by Gasteiger charge is 2.45. The van der Waals surface area contributed by atoms with Crippen molar-refractivity contribution in [2.45, 2.75) is 64.2 Å². The fourth-order valence-corrected chi connectivity index (χ4v) is 7.82. The number of rotatable bonds is 15. The Morgan fingerprint density at radius 3 is 2.69 bits per heavy atom. The van der Waals surface area contributed by atoms with Gasteiger partial charge in [0, 0.05) is 54.3 Å². The van der Waals surface area contributed by atoms with Crippen LogP contribution in [0.3, 0.4) is 0 Å². The fraction of sp³-hybridized carbons (Fsp3) is 0.366. The summed E-state index contributed by atoms with van der Waals surface area (Å²) in [5.41, 5.74) is 4.52. The van der Waals surface area contributed by atoms with Gasteiger partial charge in [0.1, 0.15) is 11.9 Å². The van der Waals surface area contributed by atoms with Crippen LogP contribution in [0.15, 0.2) is 60.8 Å². The number of imide groups is 2. The number of benzene rings is 3. The van der Waals surface area contributed by atoms with E-state index in [4.69, 9.17) is 9.72 Å². The van der Waals surface area contributed by atoms with Crippen LogP contribution in [0.4, 0.5) is 11.4 Å². The Bertz CT molecular complexity index is 2440. The van der Waals surface area contributed by atoms with Crippen LogP contribution >= 0.6 is 0 Å². The van der Waals surface area contributed by atoms with Gasteiger partial charge in [-0.2, -0.15) is 5.10 Å². The van der Waals surface area contributed by atoms with Gasteiger partial charge in [0.15, 0.2) is 0 Å². The molecule has 17 heteroatoms. The zero-order valence-corrected chi connectivity index (χ0v) is 32.0. The highest BCUT2D eigenvalue weighted by molar-refractivity contribution is 6.25. The van der Waals surface area contributed by atoms with E-state index in [0.29, 0.717) is 42.6 Å². The molecule has 3 aliphatic rings. The molecule has 6 amide bonds. The number of H-pyrrole nitrogens is 1. The maximum absolute atomic E-state index is 13.3. The fourth-order valence-electron chi connectivity index (χ4n) is 7.82. The maximum atomic E-state index is 13.3. The summed E-state index contributed by atoms with van der Waals surface area (Å²) in [4.78, 5) is 87.4. The van der Waals surface area contributed by atoms with Crippen molar-refractivity contribution in [2.24, 2.45) is 0 Å². The monoisotopic (exact) mass is 788 g/mol. The van der Waals surface area contributed by atoms with Crippen molar-refractivity contribution in [1.82, 2.24) is 40.2 Å². The number of hydrogen-bond donors (Lipinski definition) is 5. The van der Waals surface area contributed by atoms with Crippen LogP contribution in [0, 0.1) is 0 Å². The molecule has 2 saturated heterocycles. The number of carbonyl (C=O) groups is 6. The predicted molar refractivity (Wildman–Crippen MR) is 213 cm³/mol. The van der Waals surface area contributed by atoms with E-state index in [1.165, 1.54) is 18.9 Å². The molecule has 1 unspecified atom stereocenters. The highest BCUT2D eigenvalue weighted by atomic mass is 16.5. The van der Waals surface area contributed by atoms with E-state index in [9.17, 15) is 28.8 Å². The maximum Gasteiger partial charge on any atom is 0.264 e. The standard InChI is InChI=1S/C41H44N10O7/c1-24-4-3-16-49(24)23-34-46-29-9-8-27(21-31(29)47-34)45-38(54)25-7-10-32-26(20-25)22-44-50(32)17-14-43-35(52)13-18-58-19-15-42-30-6-2-5-28-37(30)41(57)51(40(28)56)33-11-12-36(53)48-39(33)55/h2,5-10,20-22,24,33,42H,3-4,11-19,23H2,1H3,(H,43,52)(H,45,54)(H,46,47)(H,48,53,55)/t24-,33?/m0/s1. The summed E-state index contributed by atoms with van der Waals surface area (Å²) in [5.74, 6) is -1.78. The van der Waals surface area contributed by atoms with E-state index in [2.05, 4.69) is 43.2 Å². The number of fused-ring (bicyclic) bond motifs is 3. The summed E-state index contributed by atoms with van der Waals surface area (Å²) in [6.07, 6.45) is 4.37. The SMILES string of the molecule is C[C@H]1CCCN1Cc1nc2ccc(NC(=O)c3ccc4c(cnn4CCNC(=O)CCOCCNc4cccc5c4C(=O)N(C4CCC(=O)NC4=O)C5=O)c3)cc2[nH]1. The van der Waals surface area contributed by atoms with E-state index < -0.39 is 29.7 Å². The molecular weight excluding hydrogens is 745 g/mol. The van der Waals surface area contributed by atoms with E-state index in [0.717, 1.165) is 45.8 Å². The van der Waals surface area contributed by atoms with Gasteiger partial charge in [0.25, 0.3) is 17.7 Å². The Morgan fingerprint density at radius 2 is 1.86 bits per heavy atom. The first-order valence-corrected chi connectivity index (χ1v) is 19.6. The molecule has 0 radical (unpaired) electrons. The lowest BCUT2D eigenvalue weighted by Gasteiger charge is -2.27. The van der Waals surface area contributed by atoms with Crippen LogP contribution in [0.25, 0.3) is 21.9 Å². The number of likely N-dealkylation sites (tertiary alicyclic amines) is 1. The third kappa shape index (κ3) is 8.03. The summed E-state index contributed by atoms with van der Waals surface area (Å²) >= 11 is 0. The first kappa shape index (κ1) is 38.4. The molecule has 0 spiro atoms. The zero-order valence-electron chi connectivity index (χ0n) is 32.0. The normalized spacial score (nSPS) is 18.3. The van der Waals surface area contributed by atoms with Crippen molar-refractivity contribution < 1.29 is 33.5 Å². The summed E-state index contributed by atoms with van der Waals surface area (Å²) in [5, 5.41) is 16.4. The number of hydrogen-bond acceptors (Lipinski definition) is 11. The minimum atomic E-state index is -1.04. The Labute approximate surface area is 332 Å². The topological polar surface area (TPSA) is 213 Å². The molecule has 300 valence electrons. The lowest BCUT2D eigenvalue weighted by molar-refractivity contribution is -0.136. The van der Waals surface area contributed by atoms with E-state index in [1.807, 2.05) is 24.3 Å². The molecule has 2 aromatic heterocycles. The number of aromatic nitrogens is 4. The van der Waals surface area contributed by atoms with Gasteiger partial charge in [0.05, 0.1) is 60.2 Å². The largest absolute Gasteiger partial charge is 0.382 e. The van der Waals surface area contributed by atoms with Crippen molar-refractivity contribution in [1.29, 1.82) is 0 Å². The van der Waals surface area contributed by atoms with Crippen molar-refractivity contribution in [2.75, 3.05) is 43.5 Å². The van der Waals surface area contributed by atoms with Gasteiger partial charge in [-0.05, 0) is 81.3 Å². The van der Waals surface area contributed by atoms with E-state index in [1.54, 1.807) is 35.1 Å². The van der Waals surface area contributed by atoms with E-state index in [-0.39, 0.29) is 55.4 Å². The molecule has 2 atom stereocenters. The molecule has 3 aromatic carbocycles. The number of anilines is 2. The average molecular weight is 789 g/mol.